The summed E-state index contributed by atoms with van der Waals surface area (Å²) in [6, 6.07) is 0. The van der Waals surface area contributed by atoms with Crippen LogP contribution in [0.2, 0.25) is 0 Å². The Kier molecular flexibility index (Phi) is 5.47. The highest BCUT2D eigenvalue weighted by molar-refractivity contribution is 7.13. The maximum absolute atomic E-state index is 7.61. The number of aromatic nitrogens is 1. The topological polar surface area (TPSA) is 78.5 Å². The summed E-state index contributed by atoms with van der Waals surface area (Å²) in [5.74, 6) is 0.0802. The Hall–Kier alpha value is -1.02. The molecule has 1 aliphatic rings. The van der Waals surface area contributed by atoms with E-state index in [1.165, 1.54) is 11.3 Å². The van der Waals surface area contributed by atoms with E-state index < -0.39 is 0 Å². The average molecular weight is 297 g/mol. The van der Waals surface area contributed by atoms with Crippen molar-refractivity contribution in [1.29, 1.82) is 5.41 Å². The van der Waals surface area contributed by atoms with Crippen molar-refractivity contribution in [3.63, 3.8) is 0 Å². The molecule has 1 aliphatic heterocycles. The standard InChI is InChI=1S/C13H23N5OS/c1-3-17-4-6-18(7-5-17)8-11-16-10(9-19-2)12(20-11)13(14)15/h3-9H2,1-2H3,(H3,14,15). The van der Waals surface area contributed by atoms with E-state index in [1.807, 2.05) is 0 Å². The van der Waals surface area contributed by atoms with Gasteiger partial charge in [-0.05, 0) is 6.54 Å². The second-order valence-electron chi connectivity index (χ2n) is 4.94. The Morgan fingerprint density at radius 3 is 2.55 bits per heavy atom. The van der Waals surface area contributed by atoms with Crippen molar-refractivity contribution in [1.82, 2.24) is 14.8 Å². The molecule has 0 radical (unpaired) electrons. The molecule has 112 valence electrons. The van der Waals surface area contributed by atoms with Gasteiger partial charge in [-0.15, -0.1) is 11.3 Å². The van der Waals surface area contributed by atoms with Gasteiger partial charge in [0.1, 0.15) is 10.8 Å². The third-order valence-electron chi connectivity index (χ3n) is 3.54. The van der Waals surface area contributed by atoms with Crippen LogP contribution in [0.25, 0.3) is 0 Å². The lowest BCUT2D eigenvalue weighted by Crippen LogP contribution is -2.45. The molecule has 7 heteroatoms. The summed E-state index contributed by atoms with van der Waals surface area (Å²) in [5, 5.41) is 8.63. The van der Waals surface area contributed by atoms with E-state index >= 15 is 0 Å². The number of rotatable bonds is 6. The summed E-state index contributed by atoms with van der Waals surface area (Å²) in [7, 11) is 1.63. The van der Waals surface area contributed by atoms with Crippen molar-refractivity contribution in [3.8, 4) is 0 Å². The van der Waals surface area contributed by atoms with Crippen LogP contribution < -0.4 is 5.73 Å². The first-order valence-electron chi connectivity index (χ1n) is 6.90. The van der Waals surface area contributed by atoms with Crippen LogP contribution in [0.3, 0.4) is 0 Å². The molecule has 0 unspecified atom stereocenters. The lowest BCUT2D eigenvalue weighted by Gasteiger charge is -2.33. The molecule has 0 aliphatic carbocycles. The van der Waals surface area contributed by atoms with Gasteiger partial charge in [-0.25, -0.2) is 4.98 Å². The predicted octanol–water partition coefficient (Wildman–Crippen LogP) is 0.711. The summed E-state index contributed by atoms with van der Waals surface area (Å²) in [6.45, 7) is 8.95. The van der Waals surface area contributed by atoms with Gasteiger partial charge in [-0.3, -0.25) is 10.3 Å². The fourth-order valence-corrected chi connectivity index (χ4v) is 3.34. The Labute approximate surface area is 124 Å². The first kappa shape index (κ1) is 15.4. The number of ether oxygens (including phenoxy) is 1. The van der Waals surface area contributed by atoms with Crippen molar-refractivity contribution in [2.24, 2.45) is 5.73 Å². The molecule has 0 spiro atoms. The van der Waals surface area contributed by atoms with Gasteiger partial charge in [0, 0.05) is 33.3 Å². The smallest absolute Gasteiger partial charge is 0.135 e. The fraction of sp³-hybridized carbons (Fsp3) is 0.692. The highest BCUT2D eigenvalue weighted by atomic mass is 32.1. The van der Waals surface area contributed by atoms with E-state index in [1.54, 1.807) is 7.11 Å². The van der Waals surface area contributed by atoms with Crippen molar-refractivity contribution in [2.45, 2.75) is 20.1 Å². The van der Waals surface area contributed by atoms with Crippen molar-refractivity contribution in [2.75, 3.05) is 39.8 Å². The zero-order valence-corrected chi connectivity index (χ0v) is 13.0. The highest BCUT2D eigenvalue weighted by Crippen LogP contribution is 2.21. The number of nitrogen functional groups attached to an aromatic ring is 1. The van der Waals surface area contributed by atoms with E-state index in [0.717, 1.165) is 54.8 Å². The maximum atomic E-state index is 7.61. The van der Waals surface area contributed by atoms with Crippen LogP contribution >= 0.6 is 11.3 Å². The minimum absolute atomic E-state index is 0.0802. The molecule has 0 amide bonds. The molecule has 2 rings (SSSR count). The number of nitrogens with one attached hydrogen (secondary N) is 1. The fourth-order valence-electron chi connectivity index (χ4n) is 2.37. The second-order valence-corrected chi connectivity index (χ2v) is 6.02. The largest absolute Gasteiger partial charge is 0.383 e. The van der Waals surface area contributed by atoms with Gasteiger partial charge in [0.25, 0.3) is 0 Å². The zero-order chi connectivity index (χ0) is 14.5. The molecule has 1 aromatic rings. The molecule has 0 bridgehead atoms. The molecule has 6 nitrogen and oxygen atoms in total. The highest BCUT2D eigenvalue weighted by Gasteiger charge is 2.19. The average Bonchev–Trinajstić information content (AvgIpc) is 2.83. The van der Waals surface area contributed by atoms with Gasteiger partial charge in [-0.2, -0.15) is 0 Å². The zero-order valence-electron chi connectivity index (χ0n) is 12.2. The minimum Gasteiger partial charge on any atom is -0.383 e. The number of nitrogens with zero attached hydrogens (tertiary/aromatic N) is 3. The summed E-state index contributed by atoms with van der Waals surface area (Å²) < 4.78 is 5.12. The van der Waals surface area contributed by atoms with Crippen LogP contribution in [0.4, 0.5) is 0 Å². The van der Waals surface area contributed by atoms with E-state index in [2.05, 4.69) is 21.7 Å². The van der Waals surface area contributed by atoms with Crippen molar-refractivity contribution >= 4 is 17.2 Å². The van der Waals surface area contributed by atoms with Crippen molar-refractivity contribution in [3.05, 3.63) is 15.6 Å². The SMILES string of the molecule is CCN1CCN(Cc2nc(COC)c(C(=N)N)s2)CC1. The summed E-state index contributed by atoms with van der Waals surface area (Å²) in [6.07, 6.45) is 0. The molecule has 2 heterocycles. The lowest BCUT2D eigenvalue weighted by molar-refractivity contribution is 0.131. The number of amidine groups is 1. The Morgan fingerprint density at radius 2 is 2.00 bits per heavy atom. The Balaban J connectivity index is 1.99. The minimum atomic E-state index is 0.0802. The number of thiazole rings is 1. The second kappa shape index (κ2) is 7.12. The van der Waals surface area contributed by atoms with Crippen LogP contribution in [-0.4, -0.2) is 60.5 Å². The molecule has 0 atom stereocenters. The molecule has 0 aromatic carbocycles. The summed E-state index contributed by atoms with van der Waals surface area (Å²) >= 11 is 1.51. The molecule has 20 heavy (non-hydrogen) atoms. The third-order valence-corrected chi connectivity index (χ3v) is 4.65. The Morgan fingerprint density at radius 1 is 1.35 bits per heavy atom. The molecule has 0 saturated carbocycles. The predicted molar refractivity (Wildman–Crippen MR) is 81.2 cm³/mol. The molecule has 1 aromatic heterocycles. The lowest BCUT2D eigenvalue weighted by atomic mass is 10.3. The van der Waals surface area contributed by atoms with Gasteiger partial charge in [-0.1, -0.05) is 6.92 Å². The van der Waals surface area contributed by atoms with E-state index in [9.17, 15) is 0 Å². The first-order chi connectivity index (χ1) is 9.63. The molecule has 1 saturated heterocycles. The number of piperazine rings is 1. The van der Waals surface area contributed by atoms with Crippen molar-refractivity contribution < 1.29 is 4.74 Å². The van der Waals surface area contributed by atoms with Gasteiger partial charge < -0.3 is 15.4 Å². The number of nitrogens with two attached hydrogens (primary N) is 1. The van der Waals surface area contributed by atoms with Gasteiger partial charge in [0.05, 0.1) is 23.7 Å². The van der Waals surface area contributed by atoms with E-state index in [0.29, 0.717) is 6.61 Å². The molecular formula is C13H23N5OS. The quantitative estimate of drug-likeness (QED) is 0.597. The molecule has 3 N–H and O–H groups in total. The number of methoxy groups -OCH3 is 1. The van der Waals surface area contributed by atoms with Gasteiger partial charge >= 0.3 is 0 Å². The van der Waals surface area contributed by atoms with E-state index in [4.69, 9.17) is 15.9 Å². The molecular weight excluding hydrogens is 274 g/mol. The first-order valence-corrected chi connectivity index (χ1v) is 7.72. The monoisotopic (exact) mass is 297 g/mol. The van der Waals surface area contributed by atoms with Crippen LogP contribution in [0.1, 0.15) is 22.5 Å². The van der Waals surface area contributed by atoms with Gasteiger partial charge in [0.2, 0.25) is 0 Å². The summed E-state index contributed by atoms with van der Waals surface area (Å²) in [5.41, 5.74) is 6.39. The number of hydrogen-bond donors (Lipinski definition) is 2. The van der Waals surface area contributed by atoms with Gasteiger partial charge in [0.15, 0.2) is 0 Å². The normalized spacial score (nSPS) is 17.5. The van der Waals surface area contributed by atoms with Crippen LogP contribution in [-0.2, 0) is 17.9 Å². The number of likely N-dealkylation sites (N-methyl/N-ethyl adjacent to an activating group) is 1. The molecule has 1 fully saturated rings. The van der Waals surface area contributed by atoms with E-state index in [-0.39, 0.29) is 5.84 Å². The van der Waals surface area contributed by atoms with Crippen LogP contribution in [0, 0.1) is 5.41 Å². The number of hydrogen-bond acceptors (Lipinski definition) is 6. The van der Waals surface area contributed by atoms with Crippen LogP contribution in [0.5, 0.6) is 0 Å². The maximum Gasteiger partial charge on any atom is 0.135 e. The third kappa shape index (κ3) is 3.76. The van der Waals surface area contributed by atoms with Crippen LogP contribution in [0.15, 0.2) is 0 Å². The Bertz CT molecular complexity index is 454. The summed E-state index contributed by atoms with van der Waals surface area (Å²) in [4.78, 5) is 10.2.